The van der Waals surface area contributed by atoms with Crippen molar-refractivity contribution in [3.05, 3.63) is 35.4 Å². The average Bonchev–Trinajstić information content (AvgIpc) is 3.02. The summed E-state index contributed by atoms with van der Waals surface area (Å²) in [5.74, 6) is 0.406. The third kappa shape index (κ3) is 6.55. The molecule has 0 radical (unpaired) electrons. The van der Waals surface area contributed by atoms with Crippen molar-refractivity contribution in [2.45, 2.75) is 81.4 Å². The zero-order chi connectivity index (χ0) is 25.4. The van der Waals surface area contributed by atoms with Gasteiger partial charge >= 0.3 is 0 Å². The van der Waals surface area contributed by atoms with Crippen molar-refractivity contribution in [3.63, 3.8) is 0 Å². The maximum absolute atomic E-state index is 13.5. The molecule has 0 bridgehead atoms. The van der Waals surface area contributed by atoms with Gasteiger partial charge in [0.05, 0.1) is 17.5 Å². The summed E-state index contributed by atoms with van der Waals surface area (Å²) in [5.41, 5.74) is 2.50. The monoisotopic (exact) mass is 504 g/mol. The van der Waals surface area contributed by atoms with Crippen LogP contribution >= 0.6 is 11.8 Å². The molecule has 10 heteroatoms. The molecule has 0 spiro atoms. The van der Waals surface area contributed by atoms with Gasteiger partial charge in [-0.2, -0.15) is 0 Å². The van der Waals surface area contributed by atoms with Gasteiger partial charge in [-0.05, 0) is 75.8 Å². The number of hydrogen-bond donors (Lipinski definition) is 4. The number of aryl methyl sites for hydroxylation is 1. The Labute approximate surface area is 210 Å². The predicted molar refractivity (Wildman–Crippen MR) is 135 cm³/mol. The fourth-order valence-corrected chi connectivity index (χ4v) is 6.43. The standard InChI is InChI=1S/C24H34N4O3S.CH2O2/c1-15(25-2)22(29)27-19-13-14-32-21-12-6-11-20(28(21)24(19)31)23(30)26-18-10-5-8-16-7-3-4-9-17(16)18;2-1-3/h3-4,7,9,15,18-21,25H,5-6,8,10-14H2,1-2H3,(H,26,30)(H,27,29);1H,(H,2,3)/t15-,18+,19-,20?,21?;/m0./s1. The van der Waals surface area contributed by atoms with E-state index in [1.54, 1.807) is 30.6 Å². The van der Waals surface area contributed by atoms with Crippen LogP contribution in [0.4, 0.5) is 0 Å². The number of thioether (sulfide) groups is 1. The minimum Gasteiger partial charge on any atom is -0.483 e. The summed E-state index contributed by atoms with van der Waals surface area (Å²) in [5, 5.41) is 16.0. The lowest BCUT2D eigenvalue weighted by Gasteiger charge is -2.41. The maximum Gasteiger partial charge on any atom is 0.290 e. The molecule has 1 aliphatic carbocycles. The molecule has 4 N–H and O–H groups in total. The Balaban J connectivity index is 0.00000108. The molecule has 4 rings (SSSR count). The molecule has 0 aromatic heterocycles. The number of carbonyl (C=O) groups excluding carboxylic acids is 3. The highest BCUT2D eigenvalue weighted by atomic mass is 32.2. The van der Waals surface area contributed by atoms with E-state index < -0.39 is 12.1 Å². The van der Waals surface area contributed by atoms with Crippen LogP contribution < -0.4 is 16.0 Å². The summed E-state index contributed by atoms with van der Waals surface area (Å²) in [6.07, 6.45) is 6.07. The van der Waals surface area contributed by atoms with E-state index in [1.807, 2.05) is 12.1 Å². The summed E-state index contributed by atoms with van der Waals surface area (Å²) in [6, 6.07) is 6.86. The van der Waals surface area contributed by atoms with Crippen LogP contribution in [0.15, 0.2) is 24.3 Å². The van der Waals surface area contributed by atoms with Crippen LogP contribution in [0.2, 0.25) is 0 Å². The van der Waals surface area contributed by atoms with Gasteiger partial charge in [-0.1, -0.05) is 24.3 Å². The molecule has 2 aliphatic heterocycles. The Kier molecular flexibility index (Phi) is 9.97. The van der Waals surface area contributed by atoms with E-state index in [0.717, 1.165) is 37.9 Å². The first kappa shape index (κ1) is 27.0. The highest BCUT2D eigenvalue weighted by Crippen LogP contribution is 2.35. The summed E-state index contributed by atoms with van der Waals surface area (Å²) in [4.78, 5) is 49.6. The summed E-state index contributed by atoms with van der Waals surface area (Å²) in [7, 11) is 1.72. The first-order valence-corrected chi connectivity index (χ1v) is 13.3. The molecular weight excluding hydrogens is 468 g/mol. The Morgan fingerprint density at radius 1 is 1.11 bits per heavy atom. The number of piperidine rings is 1. The van der Waals surface area contributed by atoms with Crippen LogP contribution in [-0.2, 0) is 25.6 Å². The smallest absolute Gasteiger partial charge is 0.290 e. The van der Waals surface area contributed by atoms with Crippen molar-refractivity contribution in [3.8, 4) is 0 Å². The molecule has 3 amide bonds. The molecule has 35 heavy (non-hydrogen) atoms. The van der Waals surface area contributed by atoms with Gasteiger partial charge in [-0.25, -0.2) is 0 Å². The molecule has 0 saturated carbocycles. The first-order valence-electron chi connectivity index (χ1n) is 12.3. The fraction of sp³-hybridized carbons (Fsp3) is 0.600. The minimum atomic E-state index is -0.584. The van der Waals surface area contributed by atoms with Gasteiger partial charge in [-0.15, -0.1) is 11.8 Å². The molecular formula is C25H36N4O5S. The largest absolute Gasteiger partial charge is 0.483 e. The third-order valence-corrected chi connectivity index (χ3v) is 8.29. The number of benzene rings is 1. The Morgan fingerprint density at radius 2 is 1.86 bits per heavy atom. The second kappa shape index (κ2) is 12.9. The van der Waals surface area contributed by atoms with E-state index in [9.17, 15) is 14.4 Å². The Hall–Kier alpha value is -2.59. The van der Waals surface area contributed by atoms with E-state index in [0.29, 0.717) is 12.8 Å². The predicted octanol–water partition coefficient (Wildman–Crippen LogP) is 1.82. The second-order valence-corrected chi connectivity index (χ2v) is 10.4. The molecule has 3 aliphatic rings. The second-order valence-electron chi connectivity index (χ2n) is 9.14. The fourth-order valence-electron chi connectivity index (χ4n) is 5.04. The van der Waals surface area contributed by atoms with Gasteiger partial charge < -0.3 is 26.0 Å². The van der Waals surface area contributed by atoms with Crippen LogP contribution in [-0.4, -0.2) is 70.5 Å². The number of carbonyl (C=O) groups is 4. The zero-order valence-electron chi connectivity index (χ0n) is 20.4. The van der Waals surface area contributed by atoms with Crippen LogP contribution in [0.25, 0.3) is 0 Å². The van der Waals surface area contributed by atoms with Crippen molar-refractivity contribution in [1.82, 2.24) is 20.9 Å². The molecule has 2 saturated heterocycles. The van der Waals surface area contributed by atoms with Gasteiger partial charge in [0.2, 0.25) is 17.7 Å². The quantitative estimate of drug-likeness (QED) is 0.451. The average molecular weight is 505 g/mol. The number of nitrogens with one attached hydrogen (secondary N) is 3. The van der Waals surface area contributed by atoms with Gasteiger partial charge in [0, 0.05) is 0 Å². The number of hydrogen-bond acceptors (Lipinski definition) is 6. The summed E-state index contributed by atoms with van der Waals surface area (Å²) in [6.45, 7) is 1.52. The zero-order valence-corrected chi connectivity index (χ0v) is 21.2. The van der Waals surface area contributed by atoms with Gasteiger partial charge in [-0.3, -0.25) is 19.2 Å². The molecule has 2 heterocycles. The molecule has 9 nitrogen and oxygen atoms in total. The summed E-state index contributed by atoms with van der Waals surface area (Å²) >= 11 is 1.73. The number of fused-ring (bicyclic) bond motifs is 2. The Morgan fingerprint density at radius 3 is 2.60 bits per heavy atom. The van der Waals surface area contributed by atoms with E-state index >= 15 is 0 Å². The normalized spacial score (nSPS) is 26.6. The lowest BCUT2D eigenvalue weighted by Crippen LogP contribution is -2.60. The van der Waals surface area contributed by atoms with Crippen LogP contribution in [0.3, 0.4) is 0 Å². The molecule has 192 valence electrons. The highest BCUT2D eigenvalue weighted by Gasteiger charge is 2.43. The van der Waals surface area contributed by atoms with Gasteiger partial charge in [0.15, 0.2) is 0 Å². The molecule has 1 aromatic carbocycles. The van der Waals surface area contributed by atoms with E-state index in [-0.39, 0.29) is 41.7 Å². The number of nitrogens with zero attached hydrogens (tertiary/aromatic N) is 1. The number of carboxylic acid groups (broad SMARTS) is 1. The van der Waals surface area contributed by atoms with Crippen LogP contribution in [0.5, 0.6) is 0 Å². The number of amides is 3. The first-order chi connectivity index (χ1) is 16.9. The highest BCUT2D eigenvalue weighted by molar-refractivity contribution is 7.99. The number of likely N-dealkylation sites (N-methyl/N-ethyl adjacent to an activating group) is 1. The molecule has 2 unspecified atom stereocenters. The van der Waals surface area contributed by atoms with Gasteiger partial charge in [0.25, 0.3) is 6.47 Å². The third-order valence-electron chi connectivity index (χ3n) is 6.98. The van der Waals surface area contributed by atoms with Crippen molar-refractivity contribution < 1.29 is 24.3 Å². The van der Waals surface area contributed by atoms with Crippen LogP contribution in [0.1, 0.15) is 62.6 Å². The minimum absolute atomic E-state index is 0.00506. The van der Waals surface area contributed by atoms with E-state index in [1.165, 1.54) is 11.1 Å². The van der Waals surface area contributed by atoms with Crippen molar-refractivity contribution in [2.24, 2.45) is 0 Å². The molecule has 2 fully saturated rings. The Bertz CT molecular complexity index is 914. The van der Waals surface area contributed by atoms with E-state index in [4.69, 9.17) is 9.90 Å². The van der Waals surface area contributed by atoms with Crippen molar-refractivity contribution in [2.75, 3.05) is 12.8 Å². The van der Waals surface area contributed by atoms with Crippen molar-refractivity contribution in [1.29, 1.82) is 0 Å². The lowest BCUT2D eigenvalue weighted by molar-refractivity contribution is -0.146. The molecule has 1 aromatic rings. The van der Waals surface area contributed by atoms with Crippen molar-refractivity contribution >= 4 is 36.0 Å². The number of rotatable bonds is 5. The lowest BCUT2D eigenvalue weighted by atomic mass is 9.87. The molecule has 5 atom stereocenters. The topological polar surface area (TPSA) is 128 Å². The van der Waals surface area contributed by atoms with Gasteiger partial charge in [0.1, 0.15) is 12.1 Å². The SMILES string of the molecule is CN[C@@H](C)C(=O)N[C@H]1CCSC2CCCC(C(=O)N[C@@H]3CCCc4ccccc43)N2C1=O.O=CO. The van der Waals surface area contributed by atoms with E-state index in [2.05, 4.69) is 28.1 Å². The van der Waals surface area contributed by atoms with Crippen LogP contribution in [0, 0.1) is 0 Å². The summed E-state index contributed by atoms with van der Waals surface area (Å²) < 4.78 is 0. The maximum atomic E-state index is 13.5.